The molecule has 0 aliphatic heterocycles. The van der Waals surface area contributed by atoms with Crippen LogP contribution in [0, 0.1) is 0 Å². The number of furan rings is 2. The zero-order valence-electron chi connectivity index (χ0n) is 33.9. The van der Waals surface area contributed by atoms with Crippen molar-refractivity contribution in [3.8, 4) is 16.8 Å². The van der Waals surface area contributed by atoms with E-state index >= 15 is 0 Å². The van der Waals surface area contributed by atoms with Crippen molar-refractivity contribution in [3.63, 3.8) is 0 Å². The van der Waals surface area contributed by atoms with Gasteiger partial charge in [0.1, 0.15) is 22.5 Å². The molecule has 62 heavy (non-hydrogen) atoms. The predicted molar refractivity (Wildman–Crippen MR) is 259 cm³/mol. The molecule has 0 saturated heterocycles. The minimum atomic E-state index is 0.849. The van der Waals surface area contributed by atoms with Gasteiger partial charge in [-0.15, -0.1) is 0 Å². The van der Waals surface area contributed by atoms with Gasteiger partial charge in [-0.1, -0.05) is 158 Å². The Hall–Kier alpha value is -8.08. The molecule has 0 amide bonds. The molecule has 0 spiro atoms. The number of benzene rings is 9. The lowest BCUT2D eigenvalue weighted by Crippen LogP contribution is -2.14. The zero-order chi connectivity index (χ0) is 41.0. The Kier molecular flexibility index (Phi) is 8.60. The maximum absolute atomic E-state index is 6.95. The van der Waals surface area contributed by atoms with Crippen LogP contribution in [-0.2, 0) is 6.42 Å². The van der Waals surface area contributed by atoms with Crippen molar-refractivity contribution in [2.45, 2.75) is 12.8 Å². The number of aryl methyl sites for hydroxylation is 1. The van der Waals surface area contributed by atoms with Crippen LogP contribution in [0.5, 0.6) is 0 Å². The molecule has 3 aromatic heterocycles. The lowest BCUT2D eigenvalue weighted by atomic mass is 9.98. The van der Waals surface area contributed by atoms with Crippen LogP contribution in [0.25, 0.3) is 88.4 Å². The van der Waals surface area contributed by atoms with E-state index in [1.54, 1.807) is 0 Å². The molecule has 294 valence electrons. The van der Waals surface area contributed by atoms with E-state index in [4.69, 9.17) is 8.83 Å². The predicted octanol–water partition coefficient (Wildman–Crippen LogP) is 16.4. The normalized spacial score (nSPS) is 11.9. The zero-order valence-corrected chi connectivity index (χ0v) is 33.9. The maximum Gasteiger partial charge on any atom is 0.143 e. The molecule has 3 heterocycles. The number of fused-ring (bicyclic) bond motifs is 9. The fourth-order valence-corrected chi connectivity index (χ4v) is 9.41. The SMILES string of the molecule is C(=C\c1ccc(N(c2ccccc2-c2cccc3c2oc2c4ccccc4ccc32)c2ccccc2-n2c3ccccc3c3ccccc32)cc1)/CCc1cc2ccccc2o1. The second kappa shape index (κ2) is 14.9. The highest BCUT2D eigenvalue weighted by atomic mass is 16.3. The molecule has 12 aromatic rings. The summed E-state index contributed by atoms with van der Waals surface area (Å²) in [5.74, 6) is 1.01. The van der Waals surface area contributed by atoms with E-state index in [0.717, 1.165) is 107 Å². The van der Waals surface area contributed by atoms with Crippen molar-refractivity contribution < 1.29 is 8.83 Å². The molecule has 0 aliphatic rings. The summed E-state index contributed by atoms with van der Waals surface area (Å²) >= 11 is 0. The van der Waals surface area contributed by atoms with Crippen LogP contribution < -0.4 is 4.90 Å². The van der Waals surface area contributed by atoms with Crippen molar-refractivity contribution in [3.05, 3.63) is 224 Å². The molecule has 4 nitrogen and oxygen atoms in total. The minimum Gasteiger partial charge on any atom is -0.461 e. The molecule has 0 N–H and O–H groups in total. The first-order valence-electron chi connectivity index (χ1n) is 21.3. The van der Waals surface area contributed by atoms with E-state index in [9.17, 15) is 0 Å². The summed E-state index contributed by atoms with van der Waals surface area (Å²) in [7, 11) is 0. The summed E-state index contributed by atoms with van der Waals surface area (Å²) in [4.78, 5) is 2.42. The quantitative estimate of drug-likeness (QED) is 0.146. The highest BCUT2D eigenvalue weighted by Gasteiger charge is 2.24. The van der Waals surface area contributed by atoms with Crippen LogP contribution in [0.15, 0.2) is 221 Å². The van der Waals surface area contributed by atoms with Crippen molar-refractivity contribution >= 4 is 88.6 Å². The highest BCUT2D eigenvalue weighted by molar-refractivity contribution is 6.18. The Labute approximate surface area is 358 Å². The van der Waals surface area contributed by atoms with Gasteiger partial charge in [-0.3, -0.25) is 0 Å². The van der Waals surface area contributed by atoms with E-state index in [-0.39, 0.29) is 0 Å². The Bertz CT molecular complexity index is 3570. The van der Waals surface area contributed by atoms with Crippen molar-refractivity contribution in [1.82, 2.24) is 4.57 Å². The van der Waals surface area contributed by atoms with Crippen LogP contribution >= 0.6 is 0 Å². The Morgan fingerprint density at radius 1 is 0.452 bits per heavy atom. The van der Waals surface area contributed by atoms with E-state index in [1.165, 1.54) is 16.2 Å². The van der Waals surface area contributed by atoms with E-state index in [2.05, 4.69) is 216 Å². The van der Waals surface area contributed by atoms with E-state index in [1.807, 2.05) is 12.1 Å². The van der Waals surface area contributed by atoms with Crippen molar-refractivity contribution in [2.75, 3.05) is 4.90 Å². The maximum atomic E-state index is 6.95. The molecule has 4 heteroatoms. The molecule has 0 aliphatic carbocycles. The smallest absolute Gasteiger partial charge is 0.143 e. The van der Waals surface area contributed by atoms with E-state index < -0.39 is 0 Å². The first-order chi connectivity index (χ1) is 30.8. The topological polar surface area (TPSA) is 34.5 Å². The first kappa shape index (κ1) is 35.8. The van der Waals surface area contributed by atoms with Gasteiger partial charge in [-0.25, -0.2) is 0 Å². The van der Waals surface area contributed by atoms with E-state index in [0.29, 0.717) is 0 Å². The summed E-state index contributed by atoms with van der Waals surface area (Å²) in [5.41, 5.74) is 12.6. The summed E-state index contributed by atoms with van der Waals surface area (Å²) in [6.07, 6.45) is 6.19. The number of aromatic nitrogens is 1. The third-order valence-corrected chi connectivity index (χ3v) is 12.3. The van der Waals surface area contributed by atoms with Gasteiger partial charge >= 0.3 is 0 Å². The minimum absolute atomic E-state index is 0.849. The average Bonchev–Trinajstić information content (AvgIpc) is 4.03. The Balaban J connectivity index is 1.01. The van der Waals surface area contributed by atoms with Crippen LogP contribution in [0.2, 0.25) is 0 Å². The number of hydrogen-bond donors (Lipinski definition) is 0. The number of hydrogen-bond acceptors (Lipinski definition) is 3. The summed E-state index contributed by atoms with van der Waals surface area (Å²) in [6.45, 7) is 0. The van der Waals surface area contributed by atoms with Gasteiger partial charge in [0.15, 0.2) is 0 Å². The summed E-state index contributed by atoms with van der Waals surface area (Å²) in [5, 5.41) is 8.11. The molecule has 0 atom stereocenters. The molecule has 0 radical (unpaired) electrons. The van der Waals surface area contributed by atoms with Gasteiger partial charge in [-0.2, -0.15) is 0 Å². The number of allylic oxidation sites excluding steroid dienone is 1. The molecular formula is C58H40N2O2. The van der Waals surface area contributed by atoms with Gasteiger partial charge in [-0.05, 0) is 78.0 Å². The second-order valence-corrected chi connectivity index (χ2v) is 15.9. The second-order valence-electron chi connectivity index (χ2n) is 15.9. The van der Waals surface area contributed by atoms with Gasteiger partial charge in [0.25, 0.3) is 0 Å². The molecule has 0 bridgehead atoms. The van der Waals surface area contributed by atoms with Crippen LogP contribution in [0.4, 0.5) is 17.1 Å². The fourth-order valence-electron chi connectivity index (χ4n) is 9.41. The number of anilines is 3. The third-order valence-electron chi connectivity index (χ3n) is 12.3. The Morgan fingerprint density at radius 2 is 1.08 bits per heavy atom. The summed E-state index contributed by atoms with van der Waals surface area (Å²) < 4.78 is 15.4. The molecule has 12 rings (SSSR count). The average molecular weight is 797 g/mol. The molecule has 9 aromatic carbocycles. The van der Waals surface area contributed by atoms with Crippen molar-refractivity contribution in [2.24, 2.45) is 0 Å². The standard InChI is InChI=1S/C58H40N2O2/c1(4-19-43-38-41-18-3-14-31-56(41)61-43)16-39-32-35-42(36-33-39)59(54-29-12-13-30-55(54)60-52-27-10-6-21-45(52)46-22-7-11-28-53(46)60)51-26-9-8-23-47(51)48-24-15-25-49-50-37-34-40-17-2-5-20-44(40)57(50)62-58(48)49/h1-3,5-18,20-38H,4,19H2/b16-1+. The summed E-state index contributed by atoms with van der Waals surface area (Å²) in [6, 6.07) is 73.6. The first-order valence-corrected chi connectivity index (χ1v) is 21.3. The molecule has 0 unspecified atom stereocenters. The number of nitrogens with zero attached hydrogens (tertiary/aromatic N) is 2. The molecular weight excluding hydrogens is 757 g/mol. The van der Waals surface area contributed by atoms with Crippen LogP contribution in [-0.4, -0.2) is 4.57 Å². The number of para-hydroxylation sites is 7. The third kappa shape index (κ3) is 5.99. The van der Waals surface area contributed by atoms with Gasteiger partial charge < -0.3 is 18.3 Å². The lowest BCUT2D eigenvalue weighted by molar-refractivity contribution is 0.549. The molecule has 0 saturated carbocycles. The number of rotatable bonds is 9. The van der Waals surface area contributed by atoms with Gasteiger partial charge in [0.05, 0.1) is 28.1 Å². The highest BCUT2D eigenvalue weighted by Crippen LogP contribution is 2.47. The Morgan fingerprint density at radius 3 is 1.89 bits per heavy atom. The van der Waals surface area contributed by atoms with Crippen molar-refractivity contribution in [1.29, 1.82) is 0 Å². The molecule has 0 fully saturated rings. The largest absolute Gasteiger partial charge is 0.461 e. The monoisotopic (exact) mass is 796 g/mol. The lowest BCUT2D eigenvalue weighted by Gasteiger charge is -2.30. The van der Waals surface area contributed by atoms with Gasteiger partial charge in [0.2, 0.25) is 0 Å². The van der Waals surface area contributed by atoms with Gasteiger partial charge in [0, 0.05) is 55.6 Å². The van der Waals surface area contributed by atoms with Crippen LogP contribution in [0.3, 0.4) is 0 Å². The fraction of sp³-hybridized carbons (Fsp3) is 0.0345. The van der Waals surface area contributed by atoms with Crippen LogP contribution in [0.1, 0.15) is 17.7 Å².